The predicted octanol–water partition coefficient (Wildman–Crippen LogP) is 2.94. The Morgan fingerprint density at radius 2 is 2.15 bits per heavy atom. The van der Waals surface area contributed by atoms with Crippen LogP contribution in [0.1, 0.15) is 42.6 Å². The first kappa shape index (κ1) is 13.2. The van der Waals surface area contributed by atoms with E-state index in [2.05, 4.69) is 16.0 Å². The molecule has 0 aromatic carbocycles. The van der Waals surface area contributed by atoms with Crippen molar-refractivity contribution in [1.29, 1.82) is 0 Å². The van der Waals surface area contributed by atoms with Crippen molar-refractivity contribution in [3.05, 3.63) is 59.4 Å². The first-order valence-electron chi connectivity index (χ1n) is 6.87. The molecule has 0 saturated carbocycles. The molecule has 1 aliphatic carbocycles. The molecule has 0 saturated heterocycles. The van der Waals surface area contributed by atoms with Crippen molar-refractivity contribution in [1.82, 2.24) is 9.97 Å². The SMILES string of the molecule is CC(O)(c1ccc(F)cn1)C1CCCc2cccnc21. The van der Waals surface area contributed by atoms with Crippen LogP contribution in [-0.2, 0) is 12.0 Å². The third-order valence-electron chi connectivity index (χ3n) is 4.12. The van der Waals surface area contributed by atoms with Crippen LogP contribution in [0.3, 0.4) is 0 Å². The van der Waals surface area contributed by atoms with Crippen molar-refractivity contribution >= 4 is 0 Å². The summed E-state index contributed by atoms with van der Waals surface area (Å²) < 4.78 is 13.0. The molecular formula is C16H17FN2O. The topological polar surface area (TPSA) is 46.0 Å². The number of fused-ring (bicyclic) bond motifs is 1. The maximum atomic E-state index is 13.0. The van der Waals surface area contributed by atoms with E-state index in [1.165, 1.54) is 11.6 Å². The monoisotopic (exact) mass is 272 g/mol. The lowest BCUT2D eigenvalue weighted by Crippen LogP contribution is -2.34. The fourth-order valence-electron chi connectivity index (χ4n) is 3.01. The fourth-order valence-corrected chi connectivity index (χ4v) is 3.01. The Bertz CT molecular complexity index is 610. The number of hydrogen-bond acceptors (Lipinski definition) is 3. The van der Waals surface area contributed by atoms with E-state index >= 15 is 0 Å². The Hall–Kier alpha value is -1.81. The molecule has 2 heterocycles. The van der Waals surface area contributed by atoms with E-state index in [0.717, 1.165) is 31.2 Å². The van der Waals surface area contributed by atoms with Gasteiger partial charge >= 0.3 is 0 Å². The molecular weight excluding hydrogens is 255 g/mol. The van der Waals surface area contributed by atoms with Gasteiger partial charge in [-0.15, -0.1) is 0 Å². The molecule has 0 aliphatic heterocycles. The van der Waals surface area contributed by atoms with Gasteiger partial charge in [0, 0.05) is 17.8 Å². The van der Waals surface area contributed by atoms with E-state index in [9.17, 15) is 9.50 Å². The number of aryl methyl sites for hydroxylation is 1. The summed E-state index contributed by atoms with van der Waals surface area (Å²) in [4.78, 5) is 8.49. The molecule has 0 amide bonds. The third kappa shape index (κ3) is 2.20. The van der Waals surface area contributed by atoms with Gasteiger partial charge in [-0.05, 0) is 49.9 Å². The molecule has 0 bridgehead atoms. The van der Waals surface area contributed by atoms with Gasteiger partial charge in [-0.25, -0.2) is 4.39 Å². The Labute approximate surface area is 117 Å². The zero-order valence-corrected chi connectivity index (χ0v) is 11.4. The summed E-state index contributed by atoms with van der Waals surface area (Å²) in [5, 5.41) is 10.9. The van der Waals surface area contributed by atoms with E-state index in [-0.39, 0.29) is 5.92 Å². The van der Waals surface area contributed by atoms with Crippen LogP contribution in [0.2, 0.25) is 0 Å². The second-order valence-electron chi connectivity index (χ2n) is 5.50. The van der Waals surface area contributed by atoms with Crippen molar-refractivity contribution in [3.8, 4) is 0 Å². The van der Waals surface area contributed by atoms with Crippen molar-refractivity contribution in [2.45, 2.75) is 37.7 Å². The Kier molecular flexibility index (Phi) is 3.26. The minimum atomic E-state index is -1.14. The molecule has 2 aromatic rings. The zero-order valence-electron chi connectivity index (χ0n) is 11.4. The van der Waals surface area contributed by atoms with Gasteiger partial charge in [0.2, 0.25) is 0 Å². The third-order valence-corrected chi connectivity index (χ3v) is 4.12. The van der Waals surface area contributed by atoms with Crippen LogP contribution < -0.4 is 0 Å². The van der Waals surface area contributed by atoms with Crippen molar-refractivity contribution in [3.63, 3.8) is 0 Å². The van der Waals surface area contributed by atoms with Crippen LogP contribution in [-0.4, -0.2) is 15.1 Å². The van der Waals surface area contributed by atoms with E-state index in [0.29, 0.717) is 5.69 Å². The van der Waals surface area contributed by atoms with Crippen LogP contribution in [0.5, 0.6) is 0 Å². The van der Waals surface area contributed by atoms with Crippen LogP contribution in [0.25, 0.3) is 0 Å². The maximum Gasteiger partial charge on any atom is 0.141 e. The van der Waals surface area contributed by atoms with Crippen LogP contribution in [0.15, 0.2) is 36.7 Å². The van der Waals surface area contributed by atoms with Gasteiger partial charge < -0.3 is 5.11 Å². The van der Waals surface area contributed by atoms with E-state index in [1.807, 2.05) is 6.07 Å². The normalized spacial score (nSPS) is 21.1. The summed E-state index contributed by atoms with van der Waals surface area (Å²) in [6.07, 6.45) is 5.76. The summed E-state index contributed by atoms with van der Waals surface area (Å²) >= 11 is 0. The molecule has 2 unspecified atom stereocenters. The molecule has 0 radical (unpaired) electrons. The van der Waals surface area contributed by atoms with Gasteiger partial charge in [-0.2, -0.15) is 0 Å². The summed E-state index contributed by atoms with van der Waals surface area (Å²) in [6.45, 7) is 1.74. The molecule has 2 atom stereocenters. The highest BCUT2D eigenvalue weighted by molar-refractivity contribution is 5.31. The fraction of sp³-hybridized carbons (Fsp3) is 0.375. The molecule has 1 N–H and O–H groups in total. The molecule has 4 heteroatoms. The lowest BCUT2D eigenvalue weighted by Gasteiger charge is -2.35. The highest BCUT2D eigenvalue weighted by Gasteiger charge is 2.39. The first-order chi connectivity index (χ1) is 9.59. The average molecular weight is 272 g/mol. The summed E-state index contributed by atoms with van der Waals surface area (Å²) in [7, 11) is 0. The molecule has 3 rings (SSSR count). The number of rotatable bonds is 2. The predicted molar refractivity (Wildman–Crippen MR) is 73.7 cm³/mol. The largest absolute Gasteiger partial charge is 0.383 e. The van der Waals surface area contributed by atoms with Crippen molar-refractivity contribution < 1.29 is 9.50 Å². The van der Waals surface area contributed by atoms with Gasteiger partial charge in [-0.3, -0.25) is 9.97 Å². The number of aliphatic hydroxyl groups is 1. The highest BCUT2D eigenvalue weighted by atomic mass is 19.1. The van der Waals surface area contributed by atoms with E-state index < -0.39 is 11.4 Å². The van der Waals surface area contributed by atoms with Gasteiger partial charge in [0.15, 0.2) is 0 Å². The molecule has 0 fully saturated rings. The molecule has 1 aliphatic rings. The van der Waals surface area contributed by atoms with Crippen molar-refractivity contribution in [2.75, 3.05) is 0 Å². The molecule has 0 spiro atoms. The van der Waals surface area contributed by atoms with E-state index in [4.69, 9.17) is 0 Å². The summed E-state index contributed by atoms with van der Waals surface area (Å²) in [5.74, 6) is -0.503. The number of halogens is 1. The van der Waals surface area contributed by atoms with Crippen molar-refractivity contribution in [2.24, 2.45) is 0 Å². The Morgan fingerprint density at radius 3 is 2.90 bits per heavy atom. The molecule has 2 aromatic heterocycles. The second kappa shape index (κ2) is 4.94. The standard InChI is InChI=1S/C16H17FN2O/c1-16(20,14-8-7-12(17)10-19-14)13-6-2-4-11-5-3-9-18-15(11)13/h3,5,7-10,13,20H,2,4,6H2,1H3. The number of hydrogen-bond donors (Lipinski definition) is 1. The quantitative estimate of drug-likeness (QED) is 0.914. The van der Waals surface area contributed by atoms with Gasteiger partial charge in [0.25, 0.3) is 0 Å². The Morgan fingerprint density at radius 1 is 1.30 bits per heavy atom. The average Bonchev–Trinajstić information content (AvgIpc) is 2.47. The molecule has 3 nitrogen and oxygen atoms in total. The number of aromatic nitrogens is 2. The summed E-state index contributed by atoms with van der Waals surface area (Å²) in [5.41, 5.74) is 1.47. The van der Waals surface area contributed by atoms with Gasteiger partial charge in [0.05, 0.1) is 11.9 Å². The highest BCUT2D eigenvalue weighted by Crippen LogP contribution is 2.42. The Balaban J connectivity index is 2.02. The van der Waals surface area contributed by atoms with Crippen LogP contribution >= 0.6 is 0 Å². The minimum Gasteiger partial charge on any atom is -0.383 e. The van der Waals surface area contributed by atoms with E-state index in [1.54, 1.807) is 19.2 Å². The van der Waals surface area contributed by atoms with Crippen LogP contribution in [0, 0.1) is 5.82 Å². The number of nitrogens with zero attached hydrogens (tertiary/aromatic N) is 2. The lowest BCUT2D eigenvalue weighted by molar-refractivity contribution is 0.0146. The van der Waals surface area contributed by atoms with Gasteiger partial charge in [0.1, 0.15) is 11.4 Å². The minimum absolute atomic E-state index is 0.106. The number of pyridine rings is 2. The summed E-state index contributed by atoms with van der Waals surface area (Å²) in [6, 6.07) is 6.86. The molecule has 20 heavy (non-hydrogen) atoms. The maximum absolute atomic E-state index is 13.0. The van der Waals surface area contributed by atoms with Crippen LogP contribution in [0.4, 0.5) is 4.39 Å². The smallest absolute Gasteiger partial charge is 0.141 e. The molecule has 104 valence electrons. The second-order valence-corrected chi connectivity index (χ2v) is 5.50. The first-order valence-corrected chi connectivity index (χ1v) is 6.87. The lowest BCUT2D eigenvalue weighted by atomic mass is 9.75. The zero-order chi connectivity index (χ0) is 14.2. The van der Waals surface area contributed by atoms with Gasteiger partial charge in [-0.1, -0.05) is 6.07 Å².